The number of rotatable bonds is 4. The number of aliphatic imine (C=N–C) groups is 1. The van der Waals surface area contributed by atoms with Crippen molar-refractivity contribution in [2.45, 2.75) is 6.18 Å². The van der Waals surface area contributed by atoms with E-state index in [9.17, 15) is 18.0 Å². The van der Waals surface area contributed by atoms with Crippen molar-refractivity contribution in [2.24, 2.45) is 4.99 Å². The van der Waals surface area contributed by atoms with Crippen LogP contribution in [0.2, 0.25) is 0 Å². The van der Waals surface area contributed by atoms with E-state index in [-0.39, 0.29) is 17.9 Å². The van der Waals surface area contributed by atoms with E-state index in [0.29, 0.717) is 5.56 Å². The molecular formula is C16H12F3NO. The van der Waals surface area contributed by atoms with Crippen LogP contribution in [0, 0.1) is 0 Å². The van der Waals surface area contributed by atoms with Crippen LogP contribution in [0.25, 0.3) is 0 Å². The van der Waals surface area contributed by atoms with E-state index in [2.05, 4.69) is 4.99 Å². The first-order chi connectivity index (χ1) is 9.98. The van der Waals surface area contributed by atoms with Crippen LogP contribution in [0.15, 0.2) is 59.6 Å². The number of alkyl halides is 3. The summed E-state index contributed by atoms with van der Waals surface area (Å²) in [6, 6.07) is 13.6. The Kier molecular flexibility index (Phi) is 4.52. The van der Waals surface area contributed by atoms with Crippen LogP contribution >= 0.6 is 0 Å². The Hall–Kier alpha value is -2.43. The highest BCUT2D eigenvalue weighted by Crippen LogP contribution is 2.31. The molecule has 0 aliphatic heterocycles. The molecule has 0 heterocycles. The van der Waals surface area contributed by atoms with Crippen LogP contribution in [0.3, 0.4) is 0 Å². The highest BCUT2D eigenvalue weighted by Gasteiger charge is 2.32. The molecule has 0 N–H and O–H groups in total. The van der Waals surface area contributed by atoms with Crippen LogP contribution in [0.1, 0.15) is 21.5 Å². The lowest BCUT2D eigenvalue weighted by Gasteiger charge is -2.09. The fourth-order valence-corrected chi connectivity index (χ4v) is 1.81. The summed E-state index contributed by atoms with van der Waals surface area (Å²) in [6.45, 7) is -0.184. The molecule has 0 saturated carbocycles. The van der Waals surface area contributed by atoms with Crippen LogP contribution in [-0.4, -0.2) is 18.5 Å². The van der Waals surface area contributed by atoms with Gasteiger partial charge < -0.3 is 0 Å². The Morgan fingerprint density at radius 2 is 1.62 bits per heavy atom. The molecule has 0 atom stereocenters. The SMILES string of the molecule is O=C(CN=Cc1ccccc1C(F)(F)F)c1ccccc1. The molecule has 0 aromatic heterocycles. The zero-order chi connectivity index (χ0) is 15.3. The molecule has 5 heteroatoms. The lowest BCUT2D eigenvalue weighted by atomic mass is 10.1. The van der Waals surface area contributed by atoms with E-state index in [0.717, 1.165) is 12.3 Å². The van der Waals surface area contributed by atoms with Gasteiger partial charge in [-0.05, 0) is 6.07 Å². The quantitative estimate of drug-likeness (QED) is 0.618. The standard InChI is InChI=1S/C16H12F3NO/c17-16(18,19)14-9-5-4-8-13(14)10-20-11-15(21)12-6-2-1-3-7-12/h1-10H,11H2. The second-order valence-corrected chi connectivity index (χ2v) is 4.34. The average molecular weight is 291 g/mol. The second-order valence-electron chi connectivity index (χ2n) is 4.34. The number of benzene rings is 2. The van der Waals surface area contributed by atoms with Gasteiger partial charge in [-0.25, -0.2) is 0 Å². The molecule has 108 valence electrons. The van der Waals surface area contributed by atoms with Gasteiger partial charge in [0.25, 0.3) is 0 Å². The first-order valence-electron chi connectivity index (χ1n) is 6.23. The molecule has 0 radical (unpaired) electrons. The monoisotopic (exact) mass is 291 g/mol. The van der Waals surface area contributed by atoms with Gasteiger partial charge in [0.2, 0.25) is 0 Å². The summed E-state index contributed by atoms with van der Waals surface area (Å²) >= 11 is 0. The maximum Gasteiger partial charge on any atom is 0.417 e. The van der Waals surface area contributed by atoms with Crippen LogP contribution in [0.5, 0.6) is 0 Å². The smallest absolute Gasteiger partial charge is 0.292 e. The number of hydrogen-bond donors (Lipinski definition) is 0. The van der Waals surface area contributed by atoms with Gasteiger partial charge in [0.15, 0.2) is 5.78 Å². The lowest BCUT2D eigenvalue weighted by molar-refractivity contribution is -0.137. The molecule has 0 amide bonds. The third-order valence-electron chi connectivity index (χ3n) is 2.83. The molecule has 0 saturated heterocycles. The van der Waals surface area contributed by atoms with Gasteiger partial charge in [0.05, 0.1) is 5.56 Å². The third-order valence-corrected chi connectivity index (χ3v) is 2.83. The highest BCUT2D eigenvalue weighted by atomic mass is 19.4. The number of carbonyl (C=O) groups is 1. The number of nitrogens with zero attached hydrogens (tertiary/aromatic N) is 1. The van der Waals surface area contributed by atoms with E-state index >= 15 is 0 Å². The lowest BCUT2D eigenvalue weighted by Crippen LogP contribution is -2.09. The number of carbonyl (C=O) groups excluding carboxylic acids is 1. The Labute approximate surface area is 120 Å². The van der Waals surface area contributed by atoms with Crippen molar-refractivity contribution in [3.63, 3.8) is 0 Å². The zero-order valence-electron chi connectivity index (χ0n) is 11.0. The van der Waals surface area contributed by atoms with E-state index in [1.54, 1.807) is 30.3 Å². The van der Waals surface area contributed by atoms with Crippen molar-refractivity contribution < 1.29 is 18.0 Å². The predicted molar refractivity (Wildman–Crippen MR) is 74.7 cm³/mol. The second kappa shape index (κ2) is 6.35. The summed E-state index contributed by atoms with van der Waals surface area (Å²) in [6.07, 6.45) is -3.35. The minimum Gasteiger partial charge on any atom is -0.292 e. The maximum atomic E-state index is 12.8. The number of hydrogen-bond acceptors (Lipinski definition) is 2. The van der Waals surface area contributed by atoms with Gasteiger partial charge in [-0.1, -0.05) is 48.5 Å². The van der Waals surface area contributed by atoms with Gasteiger partial charge in [0.1, 0.15) is 6.54 Å². The molecule has 2 aromatic rings. The summed E-state index contributed by atoms with van der Waals surface area (Å²) < 4.78 is 38.3. The minimum atomic E-state index is -4.44. The largest absolute Gasteiger partial charge is 0.417 e. The van der Waals surface area contributed by atoms with Crippen molar-refractivity contribution in [2.75, 3.05) is 6.54 Å². The fraction of sp³-hybridized carbons (Fsp3) is 0.125. The molecule has 0 bridgehead atoms. The summed E-state index contributed by atoms with van der Waals surface area (Å²) in [5, 5.41) is 0. The molecule has 0 fully saturated rings. The molecule has 0 unspecified atom stereocenters. The topological polar surface area (TPSA) is 29.4 Å². The maximum absolute atomic E-state index is 12.8. The van der Waals surface area contributed by atoms with Crippen LogP contribution in [0.4, 0.5) is 13.2 Å². The molecule has 2 nitrogen and oxygen atoms in total. The Bertz CT molecular complexity index is 648. The third kappa shape index (κ3) is 4.02. The molecule has 21 heavy (non-hydrogen) atoms. The normalized spacial score (nSPS) is 11.8. The van der Waals surface area contributed by atoms with E-state index in [1.165, 1.54) is 18.2 Å². The summed E-state index contributed by atoms with van der Waals surface area (Å²) in [4.78, 5) is 15.6. The van der Waals surface area contributed by atoms with E-state index < -0.39 is 11.7 Å². The Balaban J connectivity index is 2.11. The van der Waals surface area contributed by atoms with Gasteiger partial charge >= 0.3 is 6.18 Å². The van der Waals surface area contributed by atoms with Crippen molar-refractivity contribution in [3.05, 3.63) is 71.3 Å². The highest BCUT2D eigenvalue weighted by molar-refractivity contribution is 5.98. The van der Waals surface area contributed by atoms with Crippen LogP contribution in [-0.2, 0) is 6.18 Å². The van der Waals surface area contributed by atoms with E-state index in [4.69, 9.17) is 0 Å². The molecular weight excluding hydrogens is 279 g/mol. The number of Topliss-reactive ketones (excluding diaryl/α,β-unsaturated/α-hetero) is 1. The number of ketones is 1. The molecule has 2 aromatic carbocycles. The zero-order valence-corrected chi connectivity index (χ0v) is 11.0. The van der Waals surface area contributed by atoms with Crippen molar-refractivity contribution in [1.82, 2.24) is 0 Å². The molecule has 2 rings (SSSR count). The van der Waals surface area contributed by atoms with Gasteiger partial charge in [-0.2, -0.15) is 13.2 Å². The average Bonchev–Trinajstić information content (AvgIpc) is 2.47. The summed E-state index contributed by atoms with van der Waals surface area (Å²) in [5.74, 6) is -0.240. The molecule has 0 spiro atoms. The van der Waals surface area contributed by atoms with Crippen molar-refractivity contribution in [1.29, 1.82) is 0 Å². The fourth-order valence-electron chi connectivity index (χ4n) is 1.81. The van der Waals surface area contributed by atoms with Crippen LogP contribution < -0.4 is 0 Å². The van der Waals surface area contributed by atoms with Crippen molar-refractivity contribution in [3.8, 4) is 0 Å². The minimum absolute atomic E-state index is 0.0501. The summed E-state index contributed by atoms with van der Waals surface area (Å²) in [5.41, 5.74) is -0.328. The predicted octanol–water partition coefficient (Wildman–Crippen LogP) is 4.01. The Morgan fingerprint density at radius 1 is 1.00 bits per heavy atom. The van der Waals surface area contributed by atoms with E-state index in [1.807, 2.05) is 0 Å². The van der Waals surface area contributed by atoms with Gasteiger partial charge in [-0.15, -0.1) is 0 Å². The summed E-state index contributed by atoms with van der Waals surface area (Å²) in [7, 11) is 0. The van der Waals surface area contributed by atoms with Crippen molar-refractivity contribution >= 4 is 12.0 Å². The molecule has 0 aliphatic carbocycles. The Morgan fingerprint density at radius 3 is 2.29 bits per heavy atom. The first kappa shape index (κ1) is 15.0. The van der Waals surface area contributed by atoms with Gasteiger partial charge in [-0.3, -0.25) is 9.79 Å². The first-order valence-corrected chi connectivity index (χ1v) is 6.23. The number of halogens is 3. The molecule has 0 aliphatic rings. The van der Waals surface area contributed by atoms with Gasteiger partial charge in [0, 0.05) is 17.3 Å².